The van der Waals surface area contributed by atoms with Crippen molar-refractivity contribution in [3.63, 3.8) is 0 Å². The van der Waals surface area contributed by atoms with Crippen LogP contribution < -0.4 is 5.32 Å². The Morgan fingerprint density at radius 3 is 2.52 bits per heavy atom. The van der Waals surface area contributed by atoms with Crippen molar-refractivity contribution >= 4 is 6.03 Å². The summed E-state index contributed by atoms with van der Waals surface area (Å²) >= 11 is 0. The highest BCUT2D eigenvalue weighted by atomic mass is 16.3. The van der Waals surface area contributed by atoms with Gasteiger partial charge in [0.2, 0.25) is 0 Å². The molecule has 1 aromatic carbocycles. The molecule has 1 aliphatic heterocycles. The van der Waals surface area contributed by atoms with Gasteiger partial charge >= 0.3 is 6.03 Å². The summed E-state index contributed by atoms with van der Waals surface area (Å²) in [7, 11) is 0. The molecule has 0 spiro atoms. The van der Waals surface area contributed by atoms with E-state index in [-0.39, 0.29) is 30.6 Å². The molecule has 142 valence electrons. The van der Waals surface area contributed by atoms with Gasteiger partial charge in [0.25, 0.3) is 0 Å². The second-order valence-corrected chi connectivity index (χ2v) is 7.73. The van der Waals surface area contributed by atoms with Gasteiger partial charge in [-0.15, -0.1) is 0 Å². The van der Waals surface area contributed by atoms with E-state index in [1.165, 1.54) is 30.6 Å². The highest BCUT2D eigenvalue weighted by Gasteiger charge is 2.51. The number of rotatable bonds is 3. The number of amides is 2. The molecular weight excluding hydrogens is 338 g/mol. The molecule has 2 amide bonds. The fraction of sp³-hybridized carbons (Fsp3) is 0.545. The molecule has 0 aromatic heterocycles. The minimum absolute atomic E-state index is 0.0204. The second kappa shape index (κ2) is 8.46. The van der Waals surface area contributed by atoms with Crippen LogP contribution in [0.5, 0.6) is 0 Å². The van der Waals surface area contributed by atoms with Crippen LogP contribution in [-0.4, -0.2) is 40.8 Å². The Hall–Kier alpha value is -2.50. The smallest absolute Gasteiger partial charge is 0.319 e. The fourth-order valence-corrected chi connectivity index (χ4v) is 4.05. The van der Waals surface area contributed by atoms with Crippen LogP contribution in [-0.2, 0) is 0 Å². The van der Waals surface area contributed by atoms with Crippen LogP contribution in [0.2, 0.25) is 0 Å². The molecule has 5 heteroatoms. The Morgan fingerprint density at radius 1 is 1.30 bits per heavy atom. The van der Waals surface area contributed by atoms with E-state index in [1.54, 1.807) is 0 Å². The summed E-state index contributed by atoms with van der Waals surface area (Å²) in [5.74, 6) is 6.93. The summed E-state index contributed by atoms with van der Waals surface area (Å²) in [5.41, 5.74) is 1.93. The Morgan fingerprint density at radius 2 is 1.96 bits per heavy atom. The summed E-state index contributed by atoms with van der Waals surface area (Å²) < 4.78 is 0. The van der Waals surface area contributed by atoms with Crippen LogP contribution in [0, 0.1) is 29.1 Å². The Balaban J connectivity index is 1.73. The lowest BCUT2D eigenvalue weighted by Crippen LogP contribution is -2.67. The molecule has 3 rings (SSSR count). The van der Waals surface area contributed by atoms with Gasteiger partial charge in [0.15, 0.2) is 0 Å². The maximum atomic E-state index is 12.4. The number of carbonyl (C=O) groups is 1. The van der Waals surface area contributed by atoms with Gasteiger partial charge in [-0.2, -0.15) is 5.26 Å². The fourth-order valence-electron chi connectivity index (χ4n) is 4.05. The number of hydrogen-bond acceptors (Lipinski definition) is 3. The molecule has 5 nitrogen and oxygen atoms in total. The van der Waals surface area contributed by atoms with Crippen LogP contribution in [0.3, 0.4) is 0 Å². The molecule has 2 fully saturated rings. The average Bonchev–Trinajstić information content (AvgIpc) is 3.14. The molecule has 1 saturated carbocycles. The quantitative estimate of drug-likeness (QED) is 0.809. The van der Waals surface area contributed by atoms with Crippen molar-refractivity contribution in [1.29, 1.82) is 5.26 Å². The van der Waals surface area contributed by atoms with Gasteiger partial charge in [0, 0.05) is 23.4 Å². The first-order valence-corrected chi connectivity index (χ1v) is 9.76. The van der Waals surface area contributed by atoms with Crippen LogP contribution in [0.1, 0.15) is 56.6 Å². The largest absolute Gasteiger partial charge is 0.394 e. The topological polar surface area (TPSA) is 76.4 Å². The zero-order valence-electron chi connectivity index (χ0n) is 16.0. The zero-order chi connectivity index (χ0) is 19.4. The first kappa shape index (κ1) is 19.3. The highest BCUT2D eigenvalue weighted by molar-refractivity contribution is 5.77. The molecule has 0 unspecified atom stereocenters. The van der Waals surface area contributed by atoms with Crippen molar-refractivity contribution in [1.82, 2.24) is 10.2 Å². The van der Waals surface area contributed by atoms with Gasteiger partial charge in [-0.25, -0.2) is 4.79 Å². The van der Waals surface area contributed by atoms with Crippen LogP contribution in [0.15, 0.2) is 24.3 Å². The van der Waals surface area contributed by atoms with Crippen LogP contribution >= 0.6 is 0 Å². The molecule has 27 heavy (non-hydrogen) atoms. The summed E-state index contributed by atoms with van der Waals surface area (Å²) in [6, 6.07) is 8.81. The number of hydrogen-bond donors (Lipinski definition) is 2. The van der Waals surface area contributed by atoms with Crippen molar-refractivity contribution < 1.29 is 9.90 Å². The van der Waals surface area contributed by atoms with Crippen molar-refractivity contribution in [3.8, 4) is 17.9 Å². The monoisotopic (exact) mass is 365 g/mol. The first-order valence-electron chi connectivity index (χ1n) is 9.76. The molecule has 0 radical (unpaired) electrons. The van der Waals surface area contributed by atoms with Crippen molar-refractivity contribution in [3.05, 3.63) is 35.4 Å². The van der Waals surface area contributed by atoms with Gasteiger partial charge in [0.05, 0.1) is 18.7 Å². The van der Waals surface area contributed by atoms with E-state index in [9.17, 15) is 15.2 Å². The summed E-state index contributed by atoms with van der Waals surface area (Å²) in [6.07, 6.45) is 4.95. The maximum Gasteiger partial charge on any atom is 0.319 e. The van der Waals surface area contributed by atoms with E-state index in [4.69, 9.17) is 0 Å². The normalized spacial score (nSPS) is 24.7. The molecular formula is C22H27N3O2. The Kier molecular flexibility index (Phi) is 6.04. The third kappa shape index (κ3) is 4.10. The van der Waals surface area contributed by atoms with Gasteiger partial charge in [0.1, 0.15) is 6.04 Å². The molecule has 1 saturated heterocycles. The van der Waals surface area contributed by atoms with E-state index in [0.717, 1.165) is 11.1 Å². The van der Waals surface area contributed by atoms with E-state index in [2.05, 4.69) is 23.2 Å². The average molecular weight is 365 g/mol. The lowest BCUT2D eigenvalue weighted by atomic mass is 9.76. The summed E-state index contributed by atoms with van der Waals surface area (Å²) in [6.45, 7) is 3.57. The molecule has 3 atom stereocenters. The highest BCUT2D eigenvalue weighted by Crippen LogP contribution is 2.40. The van der Waals surface area contributed by atoms with E-state index in [0.29, 0.717) is 5.92 Å². The number of likely N-dealkylation sites (tertiary alicyclic amines) is 1. The predicted molar refractivity (Wildman–Crippen MR) is 104 cm³/mol. The minimum atomic E-state index is -0.573. The number of aliphatic hydroxyl groups is 1. The number of aliphatic hydroxyl groups excluding tert-OH is 1. The lowest BCUT2D eigenvalue weighted by molar-refractivity contribution is 0.0162. The van der Waals surface area contributed by atoms with Gasteiger partial charge in [-0.1, -0.05) is 36.8 Å². The van der Waals surface area contributed by atoms with Crippen molar-refractivity contribution in [2.45, 2.75) is 63.6 Å². The number of urea groups is 1. The van der Waals surface area contributed by atoms with Crippen molar-refractivity contribution in [2.24, 2.45) is 5.92 Å². The zero-order valence-corrected chi connectivity index (χ0v) is 16.0. The number of carbonyl (C=O) groups excluding carboxylic acids is 1. The maximum absolute atomic E-state index is 12.4. The lowest BCUT2D eigenvalue weighted by Gasteiger charge is -2.51. The Bertz CT molecular complexity index is 763. The predicted octanol–water partition coefficient (Wildman–Crippen LogP) is 3.00. The molecule has 1 aliphatic carbocycles. The van der Waals surface area contributed by atoms with Gasteiger partial charge in [-0.3, -0.25) is 0 Å². The SMILES string of the molecule is CC(C)NC(=O)N1[C@H](CO)[C@@H](c2ccc(C#CC3CCCC3)cc2)[C@@H]1C#N. The summed E-state index contributed by atoms with van der Waals surface area (Å²) in [5, 5.41) is 22.2. The van der Waals surface area contributed by atoms with Crippen LogP contribution in [0.25, 0.3) is 0 Å². The molecule has 1 aromatic rings. The molecule has 1 heterocycles. The molecule has 2 aliphatic rings. The van der Waals surface area contributed by atoms with Gasteiger partial charge in [-0.05, 0) is 44.4 Å². The molecule has 0 bridgehead atoms. The summed E-state index contributed by atoms with van der Waals surface area (Å²) in [4.78, 5) is 13.8. The molecule has 2 N–H and O–H groups in total. The van der Waals surface area contributed by atoms with Crippen molar-refractivity contribution in [2.75, 3.05) is 6.61 Å². The van der Waals surface area contributed by atoms with Crippen LogP contribution in [0.4, 0.5) is 4.79 Å². The minimum Gasteiger partial charge on any atom is -0.394 e. The number of benzene rings is 1. The number of nitriles is 1. The number of nitrogens with one attached hydrogen (secondary N) is 1. The first-order chi connectivity index (χ1) is 13.0. The third-order valence-electron chi connectivity index (χ3n) is 5.45. The Labute approximate surface area is 161 Å². The van der Waals surface area contributed by atoms with E-state index in [1.807, 2.05) is 38.1 Å². The number of nitrogens with zero attached hydrogens (tertiary/aromatic N) is 2. The van der Waals surface area contributed by atoms with E-state index < -0.39 is 6.04 Å². The second-order valence-electron chi connectivity index (χ2n) is 7.73. The standard InChI is InChI=1S/C22H27N3O2/c1-15(2)24-22(27)25-19(13-23)21(20(25)14-26)18-11-9-17(10-12-18)8-7-16-5-3-4-6-16/h9-12,15-16,19-21,26H,3-6,14H2,1-2H3,(H,24,27)/t19-,20+,21-/m0/s1. The van der Waals surface area contributed by atoms with Gasteiger partial charge < -0.3 is 15.3 Å². The van der Waals surface area contributed by atoms with E-state index >= 15 is 0 Å². The third-order valence-corrected chi connectivity index (χ3v) is 5.45.